The summed E-state index contributed by atoms with van der Waals surface area (Å²) in [4.78, 5) is 24.4. The number of carbonyl (C=O) groups excluding carboxylic acids is 1. The molecule has 1 atom stereocenters. The van der Waals surface area contributed by atoms with E-state index < -0.39 is 0 Å². The van der Waals surface area contributed by atoms with Crippen LogP contribution in [-0.2, 0) is 7.05 Å². The average molecular weight is 287 g/mol. The molecule has 0 unspecified atom stereocenters. The number of imidazole rings is 1. The molecule has 0 saturated heterocycles. The predicted octanol–water partition coefficient (Wildman–Crippen LogP) is 2.53. The largest absolute Gasteiger partial charge is 0.344 e. The quantitative estimate of drug-likeness (QED) is 0.855. The highest BCUT2D eigenvalue weighted by molar-refractivity contribution is 5.94. The van der Waals surface area contributed by atoms with Gasteiger partial charge in [-0.3, -0.25) is 4.79 Å². The summed E-state index contributed by atoms with van der Waals surface area (Å²) < 4.78 is 1.98. The zero-order chi connectivity index (χ0) is 15.6. The monoisotopic (exact) mass is 287 g/mol. The highest BCUT2D eigenvalue weighted by atomic mass is 16.1. The number of aromatic nitrogens is 4. The summed E-state index contributed by atoms with van der Waals surface area (Å²) in [6.07, 6.45) is 5.26. The molecule has 6 nitrogen and oxygen atoms in total. The van der Waals surface area contributed by atoms with Gasteiger partial charge in [0.05, 0.1) is 17.3 Å². The molecule has 0 bridgehead atoms. The van der Waals surface area contributed by atoms with E-state index in [9.17, 15) is 4.79 Å². The number of hydrogen-bond acceptors (Lipinski definition) is 5. The van der Waals surface area contributed by atoms with Crippen molar-refractivity contribution in [2.24, 2.45) is 13.0 Å². The summed E-state index contributed by atoms with van der Waals surface area (Å²) in [6, 6.07) is 0.00702. The van der Waals surface area contributed by atoms with Crippen molar-refractivity contribution in [1.29, 1.82) is 0 Å². The molecule has 0 aliphatic carbocycles. The third-order valence-electron chi connectivity index (χ3n) is 3.45. The zero-order valence-electron chi connectivity index (χ0n) is 13.1. The molecule has 0 aromatic carbocycles. The molecule has 21 heavy (non-hydrogen) atoms. The van der Waals surface area contributed by atoms with E-state index >= 15 is 0 Å². The Bertz CT molecular complexity index is 647. The van der Waals surface area contributed by atoms with E-state index in [1.54, 1.807) is 12.4 Å². The van der Waals surface area contributed by atoms with E-state index in [0.29, 0.717) is 23.1 Å². The minimum atomic E-state index is -0.0245. The van der Waals surface area contributed by atoms with Crippen LogP contribution in [0, 0.1) is 12.8 Å². The number of nitrogens with one attached hydrogen (secondary N) is 1. The Kier molecular flexibility index (Phi) is 4.35. The van der Waals surface area contributed by atoms with Gasteiger partial charge in [-0.15, -0.1) is 0 Å². The second-order valence-electron chi connectivity index (χ2n) is 5.51. The molecule has 2 aromatic rings. The van der Waals surface area contributed by atoms with Gasteiger partial charge in [0.1, 0.15) is 5.82 Å². The van der Waals surface area contributed by atoms with Gasteiger partial charge in [0.25, 0.3) is 0 Å². The van der Waals surface area contributed by atoms with Gasteiger partial charge < -0.3 is 9.88 Å². The molecule has 0 spiro atoms. The van der Waals surface area contributed by atoms with Crippen molar-refractivity contribution >= 4 is 11.7 Å². The van der Waals surface area contributed by atoms with Crippen molar-refractivity contribution in [2.75, 3.05) is 5.32 Å². The third kappa shape index (κ3) is 3.26. The Hall–Kier alpha value is -2.24. The van der Waals surface area contributed by atoms with Crippen molar-refractivity contribution in [3.05, 3.63) is 35.7 Å². The number of nitrogens with zero attached hydrogens (tertiary/aromatic N) is 4. The molecule has 1 N–H and O–H groups in total. The number of hydrogen-bond donors (Lipinski definition) is 1. The Labute approximate surface area is 124 Å². The number of carbonyl (C=O) groups is 1. The Morgan fingerprint density at radius 2 is 2.05 bits per heavy atom. The van der Waals surface area contributed by atoms with E-state index in [4.69, 9.17) is 0 Å². The molecule has 0 fully saturated rings. The summed E-state index contributed by atoms with van der Waals surface area (Å²) >= 11 is 0. The molecule has 0 saturated carbocycles. The van der Waals surface area contributed by atoms with Crippen LogP contribution in [-0.4, -0.2) is 25.3 Å². The lowest BCUT2D eigenvalue weighted by Crippen LogP contribution is -2.22. The van der Waals surface area contributed by atoms with Crippen LogP contribution in [0.2, 0.25) is 0 Å². The fourth-order valence-electron chi connectivity index (χ4n) is 2.23. The Balaban J connectivity index is 2.28. The van der Waals surface area contributed by atoms with Crippen LogP contribution in [0.4, 0.5) is 5.95 Å². The number of anilines is 1. The SMILES string of the molecule is CC(=O)c1cnc(N[C@H](c2nccn2C)C(C)C)nc1C. The molecule has 112 valence electrons. The van der Waals surface area contributed by atoms with Gasteiger partial charge in [-0.25, -0.2) is 15.0 Å². The molecule has 2 aromatic heterocycles. The smallest absolute Gasteiger partial charge is 0.223 e. The molecule has 0 amide bonds. The fraction of sp³-hybridized carbons (Fsp3) is 0.467. The maximum absolute atomic E-state index is 11.4. The van der Waals surface area contributed by atoms with Crippen LogP contribution < -0.4 is 5.32 Å². The topological polar surface area (TPSA) is 72.7 Å². The number of ketones is 1. The van der Waals surface area contributed by atoms with Crippen molar-refractivity contribution in [2.45, 2.75) is 33.7 Å². The van der Waals surface area contributed by atoms with Crippen LogP contribution in [0.1, 0.15) is 48.7 Å². The number of Topliss-reactive ketones (excluding diaryl/α,β-unsaturated/α-hetero) is 1. The lowest BCUT2D eigenvalue weighted by Gasteiger charge is -2.22. The maximum atomic E-state index is 11.4. The van der Waals surface area contributed by atoms with Gasteiger partial charge in [0, 0.05) is 25.6 Å². The van der Waals surface area contributed by atoms with Crippen molar-refractivity contribution in [3.63, 3.8) is 0 Å². The lowest BCUT2D eigenvalue weighted by atomic mass is 10.0. The maximum Gasteiger partial charge on any atom is 0.223 e. The number of rotatable bonds is 5. The predicted molar refractivity (Wildman–Crippen MR) is 81.2 cm³/mol. The van der Waals surface area contributed by atoms with Gasteiger partial charge in [-0.2, -0.15) is 0 Å². The van der Waals surface area contributed by atoms with E-state index in [1.165, 1.54) is 6.92 Å². The van der Waals surface area contributed by atoms with Crippen LogP contribution in [0.25, 0.3) is 0 Å². The minimum absolute atomic E-state index is 0.00702. The van der Waals surface area contributed by atoms with Crippen molar-refractivity contribution in [3.8, 4) is 0 Å². The summed E-state index contributed by atoms with van der Waals surface area (Å²) in [7, 11) is 1.96. The lowest BCUT2D eigenvalue weighted by molar-refractivity contribution is 0.101. The van der Waals surface area contributed by atoms with Crippen LogP contribution in [0.15, 0.2) is 18.6 Å². The summed E-state index contributed by atoms with van der Waals surface area (Å²) in [5.74, 6) is 1.74. The van der Waals surface area contributed by atoms with Crippen LogP contribution >= 0.6 is 0 Å². The first-order chi connectivity index (χ1) is 9.90. The molecule has 0 aliphatic heterocycles. The minimum Gasteiger partial charge on any atom is -0.344 e. The zero-order valence-corrected chi connectivity index (χ0v) is 13.1. The number of aryl methyl sites for hydroxylation is 2. The second-order valence-corrected chi connectivity index (χ2v) is 5.51. The van der Waals surface area contributed by atoms with E-state index in [-0.39, 0.29) is 11.8 Å². The molecule has 6 heteroatoms. The summed E-state index contributed by atoms with van der Waals surface area (Å²) in [5, 5.41) is 3.31. The van der Waals surface area contributed by atoms with E-state index in [1.807, 2.05) is 24.7 Å². The first kappa shape index (κ1) is 15.2. The van der Waals surface area contributed by atoms with Gasteiger partial charge >= 0.3 is 0 Å². The molecular formula is C15H21N5O. The first-order valence-electron chi connectivity index (χ1n) is 6.98. The fourth-order valence-corrected chi connectivity index (χ4v) is 2.23. The van der Waals surface area contributed by atoms with Gasteiger partial charge in [0.2, 0.25) is 5.95 Å². The standard InChI is InChI=1S/C15H21N5O/c1-9(2)13(14-16-6-7-20(14)5)19-15-17-8-12(11(4)21)10(3)18-15/h6-9,13H,1-5H3,(H,17,18,19)/t13-/m0/s1. The molecule has 2 rings (SSSR count). The van der Waals surface area contributed by atoms with Gasteiger partial charge in [0.15, 0.2) is 5.78 Å². The van der Waals surface area contributed by atoms with E-state index in [0.717, 1.165) is 5.82 Å². The molecule has 2 heterocycles. The molecule has 0 aliphatic rings. The Morgan fingerprint density at radius 3 is 2.52 bits per heavy atom. The third-order valence-corrected chi connectivity index (χ3v) is 3.45. The van der Waals surface area contributed by atoms with Gasteiger partial charge in [-0.1, -0.05) is 13.8 Å². The summed E-state index contributed by atoms with van der Waals surface area (Å²) in [5.41, 5.74) is 1.24. The van der Waals surface area contributed by atoms with Crippen molar-refractivity contribution in [1.82, 2.24) is 19.5 Å². The van der Waals surface area contributed by atoms with Crippen molar-refractivity contribution < 1.29 is 4.79 Å². The summed E-state index contributed by atoms with van der Waals surface area (Å²) in [6.45, 7) is 7.56. The highest BCUT2D eigenvalue weighted by Crippen LogP contribution is 2.23. The van der Waals surface area contributed by atoms with Crippen LogP contribution in [0.3, 0.4) is 0 Å². The van der Waals surface area contributed by atoms with Gasteiger partial charge in [-0.05, 0) is 19.8 Å². The average Bonchev–Trinajstić information content (AvgIpc) is 2.81. The molecular weight excluding hydrogens is 266 g/mol. The van der Waals surface area contributed by atoms with Crippen LogP contribution in [0.5, 0.6) is 0 Å². The Morgan fingerprint density at radius 1 is 1.33 bits per heavy atom. The molecule has 0 radical (unpaired) electrons. The second kappa shape index (κ2) is 6.03. The first-order valence-corrected chi connectivity index (χ1v) is 6.98. The van der Waals surface area contributed by atoms with E-state index in [2.05, 4.69) is 34.1 Å². The normalized spacial score (nSPS) is 12.5. The highest BCUT2D eigenvalue weighted by Gasteiger charge is 2.21.